The van der Waals surface area contributed by atoms with Gasteiger partial charge in [-0.15, -0.1) is 5.10 Å². The van der Waals surface area contributed by atoms with Gasteiger partial charge in [0.25, 0.3) is 0 Å². The molecule has 0 fully saturated rings. The number of anilines is 1. The van der Waals surface area contributed by atoms with Gasteiger partial charge in [-0.2, -0.15) is 11.8 Å². The summed E-state index contributed by atoms with van der Waals surface area (Å²) in [5.74, 6) is 2.18. The van der Waals surface area contributed by atoms with E-state index in [9.17, 15) is 0 Å². The molecule has 0 atom stereocenters. The van der Waals surface area contributed by atoms with Gasteiger partial charge >= 0.3 is 0 Å². The molecule has 1 aromatic rings. The van der Waals surface area contributed by atoms with Crippen LogP contribution in [0.5, 0.6) is 0 Å². The van der Waals surface area contributed by atoms with Crippen LogP contribution < -0.4 is 5.32 Å². The molecule has 0 bridgehead atoms. The average Bonchev–Trinajstić information content (AvgIpc) is 2.54. The highest BCUT2D eigenvalue weighted by atomic mass is 32.2. The first-order chi connectivity index (χ1) is 6.38. The summed E-state index contributed by atoms with van der Waals surface area (Å²) in [6, 6.07) is 0. The minimum atomic E-state index is 0.940. The van der Waals surface area contributed by atoms with Gasteiger partial charge in [-0.1, -0.05) is 11.4 Å². The molecule has 0 aliphatic carbocycles. The fraction of sp³-hybridized carbons (Fsp3) is 0.750. The van der Waals surface area contributed by atoms with Crippen molar-refractivity contribution in [3.8, 4) is 0 Å². The quantitative estimate of drug-likeness (QED) is 0.743. The van der Waals surface area contributed by atoms with E-state index in [0.29, 0.717) is 0 Å². The van der Waals surface area contributed by atoms with Gasteiger partial charge in [-0.25, -0.2) is 0 Å². The smallest absolute Gasteiger partial charge is 0.134 e. The Morgan fingerprint density at radius 2 is 2.31 bits per heavy atom. The number of aromatic nitrogens is 2. The van der Waals surface area contributed by atoms with Crippen LogP contribution in [0.3, 0.4) is 0 Å². The van der Waals surface area contributed by atoms with Crippen molar-refractivity contribution < 1.29 is 0 Å². The largest absolute Gasteiger partial charge is 0.374 e. The topological polar surface area (TPSA) is 37.8 Å². The van der Waals surface area contributed by atoms with E-state index in [-0.39, 0.29) is 0 Å². The molecule has 0 aliphatic rings. The Bertz CT molecular complexity index is 237. The first-order valence-electron chi connectivity index (χ1n) is 4.51. The minimum Gasteiger partial charge on any atom is -0.374 e. The van der Waals surface area contributed by atoms with E-state index >= 15 is 0 Å². The Morgan fingerprint density at radius 1 is 1.46 bits per heavy atom. The van der Waals surface area contributed by atoms with Gasteiger partial charge in [-0.05, 0) is 19.1 Å². The van der Waals surface area contributed by atoms with Crippen molar-refractivity contribution >= 4 is 28.3 Å². The molecule has 74 valence electrons. The third-order valence-corrected chi connectivity index (χ3v) is 3.38. The Balaban J connectivity index is 2.40. The van der Waals surface area contributed by atoms with Crippen LogP contribution in [0.1, 0.15) is 26.0 Å². The highest BCUT2D eigenvalue weighted by Crippen LogP contribution is 2.22. The van der Waals surface area contributed by atoms with Gasteiger partial charge in [0.05, 0.1) is 0 Å². The van der Waals surface area contributed by atoms with Crippen LogP contribution in [0, 0.1) is 0 Å². The summed E-state index contributed by atoms with van der Waals surface area (Å²) in [6.07, 6.45) is 1.22. The molecule has 5 heteroatoms. The molecule has 13 heavy (non-hydrogen) atoms. The predicted octanol–water partition coefficient (Wildman–Crippen LogP) is 2.61. The lowest BCUT2D eigenvalue weighted by Crippen LogP contribution is -1.97. The zero-order valence-corrected chi connectivity index (χ0v) is 9.67. The van der Waals surface area contributed by atoms with Crippen molar-refractivity contribution in [3.05, 3.63) is 5.69 Å². The molecule has 0 unspecified atom stereocenters. The number of rotatable bonds is 6. The molecule has 0 saturated heterocycles. The van der Waals surface area contributed by atoms with Crippen molar-refractivity contribution in [1.29, 1.82) is 0 Å². The maximum absolute atomic E-state index is 4.09. The van der Waals surface area contributed by atoms with E-state index in [1.807, 2.05) is 11.8 Å². The third-order valence-electron chi connectivity index (χ3n) is 1.48. The second kappa shape index (κ2) is 6.21. The summed E-state index contributed by atoms with van der Waals surface area (Å²) < 4.78 is 3.94. The molecule has 0 radical (unpaired) electrons. The molecule has 1 aromatic heterocycles. The maximum Gasteiger partial charge on any atom is 0.134 e. The van der Waals surface area contributed by atoms with Gasteiger partial charge in [0.2, 0.25) is 0 Å². The summed E-state index contributed by atoms with van der Waals surface area (Å²) >= 11 is 3.36. The van der Waals surface area contributed by atoms with Crippen LogP contribution in [0.15, 0.2) is 0 Å². The van der Waals surface area contributed by atoms with Crippen LogP contribution in [0.2, 0.25) is 0 Å². The number of nitrogens with zero attached hydrogens (tertiary/aromatic N) is 2. The number of hydrogen-bond acceptors (Lipinski definition) is 5. The average molecular weight is 217 g/mol. The molecule has 3 nitrogen and oxygen atoms in total. The van der Waals surface area contributed by atoms with Gasteiger partial charge in [-0.3, -0.25) is 0 Å². The second-order valence-electron chi connectivity index (χ2n) is 2.63. The molecule has 0 amide bonds. The highest BCUT2D eigenvalue weighted by molar-refractivity contribution is 7.98. The fourth-order valence-electron chi connectivity index (χ4n) is 0.911. The van der Waals surface area contributed by atoms with Gasteiger partial charge in [0.15, 0.2) is 0 Å². The van der Waals surface area contributed by atoms with Gasteiger partial charge in [0.1, 0.15) is 10.7 Å². The van der Waals surface area contributed by atoms with Crippen molar-refractivity contribution in [2.24, 2.45) is 0 Å². The minimum absolute atomic E-state index is 0.940. The number of nitrogens with one attached hydrogen (secondary N) is 1. The molecule has 0 aliphatic heterocycles. The second-order valence-corrected chi connectivity index (χ2v) is 4.49. The SMILES string of the molecule is CCCSCc1nnsc1NCC. The lowest BCUT2D eigenvalue weighted by Gasteiger charge is -2.00. The number of hydrogen-bond donors (Lipinski definition) is 1. The first-order valence-corrected chi connectivity index (χ1v) is 6.44. The van der Waals surface area contributed by atoms with Crippen molar-refractivity contribution in [3.63, 3.8) is 0 Å². The lowest BCUT2D eigenvalue weighted by atomic mass is 10.5. The normalized spacial score (nSPS) is 10.3. The van der Waals surface area contributed by atoms with Crippen LogP contribution in [-0.4, -0.2) is 21.9 Å². The molecule has 1 heterocycles. The van der Waals surface area contributed by atoms with Crippen molar-refractivity contribution in [1.82, 2.24) is 9.59 Å². The first kappa shape index (κ1) is 10.8. The Hall–Kier alpha value is -0.290. The molecule has 0 spiro atoms. The predicted molar refractivity (Wildman–Crippen MR) is 60.5 cm³/mol. The molecular weight excluding hydrogens is 202 g/mol. The van der Waals surface area contributed by atoms with E-state index in [0.717, 1.165) is 23.0 Å². The van der Waals surface area contributed by atoms with Crippen LogP contribution in [0.25, 0.3) is 0 Å². The van der Waals surface area contributed by atoms with Gasteiger partial charge in [0, 0.05) is 23.8 Å². The van der Waals surface area contributed by atoms with E-state index in [1.165, 1.54) is 23.7 Å². The van der Waals surface area contributed by atoms with E-state index in [1.54, 1.807) is 0 Å². The highest BCUT2D eigenvalue weighted by Gasteiger charge is 2.05. The zero-order chi connectivity index (χ0) is 9.52. The molecule has 1 rings (SSSR count). The molecular formula is C8H15N3S2. The summed E-state index contributed by atoms with van der Waals surface area (Å²) in [6.45, 7) is 5.22. The third kappa shape index (κ3) is 3.52. The van der Waals surface area contributed by atoms with Crippen LogP contribution in [-0.2, 0) is 5.75 Å². The van der Waals surface area contributed by atoms with E-state index in [4.69, 9.17) is 0 Å². The molecule has 0 saturated carbocycles. The lowest BCUT2D eigenvalue weighted by molar-refractivity contribution is 1.06. The Labute approximate surface area is 87.5 Å². The zero-order valence-electron chi connectivity index (χ0n) is 8.04. The summed E-state index contributed by atoms with van der Waals surface area (Å²) in [7, 11) is 0. The monoisotopic (exact) mass is 217 g/mol. The standard InChI is InChI=1S/C8H15N3S2/c1-3-5-12-6-7-8(9-4-2)13-11-10-7/h9H,3-6H2,1-2H3. The van der Waals surface area contributed by atoms with Crippen molar-refractivity contribution in [2.75, 3.05) is 17.6 Å². The summed E-state index contributed by atoms with van der Waals surface area (Å²) in [5.41, 5.74) is 1.10. The Kier molecular flexibility index (Phi) is 5.15. The fourth-order valence-corrected chi connectivity index (χ4v) is 2.48. The van der Waals surface area contributed by atoms with Crippen molar-refractivity contribution in [2.45, 2.75) is 26.0 Å². The van der Waals surface area contributed by atoms with E-state index in [2.05, 4.69) is 28.8 Å². The van der Waals surface area contributed by atoms with Crippen LogP contribution >= 0.6 is 23.3 Å². The molecule has 0 aromatic carbocycles. The summed E-state index contributed by atoms with van der Waals surface area (Å²) in [5, 5.41) is 8.49. The molecule has 1 N–H and O–H groups in total. The maximum atomic E-state index is 4.09. The van der Waals surface area contributed by atoms with Crippen LogP contribution in [0.4, 0.5) is 5.00 Å². The summed E-state index contributed by atoms with van der Waals surface area (Å²) in [4.78, 5) is 0. The Morgan fingerprint density at radius 3 is 3.00 bits per heavy atom. The van der Waals surface area contributed by atoms with E-state index < -0.39 is 0 Å². The van der Waals surface area contributed by atoms with Gasteiger partial charge < -0.3 is 5.32 Å². The number of thioether (sulfide) groups is 1.